The van der Waals surface area contributed by atoms with Crippen molar-refractivity contribution >= 4 is 17.7 Å². The van der Waals surface area contributed by atoms with Gasteiger partial charge in [0.1, 0.15) is 11.2 Å². The quantitative estimate of drug-likeness (QED) is 0.800. The third-order valence-corrected chi connectivity index (χ3v) is 6.20. The zero-order chi connectivity index (χ0) is 19.9. The van der Waals surface area contributed by atoms with Crippen LogP contribution in [0.3, 0.4) is 0 Å². The van der Waals surface area contributed by atoms with Crippen LogP contribution in [0.1, 0.15) is 53.6 Å². The molecule has 4 rings (SSSR count). The number of nitrogens with zero attached hydrogens (tertiary/aromatic N) is 4. The Morgan fingerprint density at radius 3 is 2.61 bits per heavy atom. The number of morpholine rings is 1. The van der Waals surface area contributed by atoms with Gasteiger partial charge in [-0.1, -0.05) is 12.8 Å². The fourth-order valence-corrected chi connectivity index (χ4v) is 4.17. The third-order valence-electron chi connectivity index (χ3n) is 6.20. The monoisotopic (exact) mass is 389 g/mol. The Kier molecular flexibility index (Phi) is 4.86. The molecule has 0 unspecified atom stereocenters. The first-order valence-corrected chi connectivity index (χ1v) is 9.94. The zero-order valence-corrected chi connectivity index (χ0v) is 16.4. The fraction of sp³-hybridized carbons (Fsp3) is 0.684. The highest BCUT2D eigenvalue weighted by Crippen LogP contribution is 2.27. The van der Waals surface area contributed by atoms with E-state index in [4.69, 9.17) is 4.74 Å². The van der Waals surface area contributed by atoms with E-state index in [0.717, 1.165) is 25.7 Å². The van der Waals surface area contributed by atoms with Crippen LogP contribution in [0, 0.1) is 0 Å². The van der Waals surface area contributed by atoms with E-state index >= 15 is 0 Å². The Morgan fingerprint density at radius 2 is 1.93 bits per heavy atom. The number of rotatable bonds is 3. The lowest BCUT2D eigenvalue weighted by Crippen LogP contribution is -2.63. The third kappa shape index (κ3) is 3.17. The smallest absolute Gasteiger partial charge is 0.274 e. The van der Waals surface area contributed by atoms with Gasteiger partial charge in [0, 0.05) is 32.2 Å². The molecule has 1 aromatic heterocycles. The number of aromatic nitrogens is 2. The Bertz CT molecular complexity index is 794. The predicted molar refractivity (Wildman–Crippen MR) is 99.8 cm³/mol. The number of likely N-dealkylation sites (N-methyl/N-ethyl adjacent to an activating group) is 1. The summed E-state index contributed by atoms with van der Waals surface area (Å²) in [6.45, 7) is 4.00. The molecular formula is C19H27N5O4. The molecule has 1 aromatic rings. The molecule has 0 aromatic carbocycles. The number of carbonyl (C=O) groups excluding carboxylic acids is 3. The van der Waals surface area contributed by atoms with E-state index in [2.05, 4.69) is 10.4 Å². The van der Waals surface area contributed by atoms with Crippen molar-refractivity contribution in [2.45, 2.75) is 50.7 Å². The van der Waals surface area contributed by atoms with Gasteiger partial charge in [-0.25, -0.2) is 0 Å². The first kappa shape index (κ1) is 18.9. The molecular weight excluding hydrogens is 362 g/mol. The first-order valence-electron chi connectivity index (χ1n) is 9.94. The van der Waals surface area contributed by atoms with Crippen molar-refractivity contribution in [3.8, 4) is 0 Å². The highest BCUT2D eigenvalue weighted by atomic mass is 16.5. The molecule has 2 fully saturated rings. The summed E-state index contributed by atoms with van der Waals surface area (Å²) in [4.78, 5) is 41.8. The Balaban J connectivity index is 1.56. The molecule has 3 aliphatic rings. The van der Waals surface area contributed by atoms with Gasteiger partial charge >= 0.3 is 0 Å². The maximum atomic E-state index is 13.0. The number of ether oxygens (including phenoxy) is 1. The normalized spacial score (nSPS) is 25.7. The number of amides is 3. The molecule has 1 saturated heterocycles. The minimum absolute atomic E-state index is 0.169. The number of carbonyl (C=O) groups is 3. The Morgan fingerprint density at radius 1 is 1.25 bits per heavy atom. The predicted octanol–water partition coefficient (Wildman–Crippen LogP) is 0.259. The van der Waals surface area contributed by atoms with Gasteiger partial charge in [-0.3, -0.25) is 19.1 Å². The first-order chi connectivity index (χ1) is 13.4. The van der Waals surface area contributed by atoms with Gasteiger partial charge in [0.15, 0.2) is 5.69 Å². The van der Waals surface area contributed by atoms with Gasteiger partial charge in [-0.15, -0.1) is 0 Å². The molecule has 1 atom stereocenters. The minimum Gasteiger partial charge on any atom is -0.378 e. The van der Waals surface area contributed by atoms with Gasteiger partial charge in [0.05, 0.1) is 19.8 Å². The second kappa shape index (κ2) is 7.20. The van der Waals surface area contributed by atoms with Crippen molar-refractivity contribution in [3.63, 3.8) is 0 Å². The largest absolute Gasteiger partial charge is 0.378 e. The number of nitrogens with one attached hydrogen (secondary N) is 1. The molecule has 28 heavy (non-hydrogen) atoms. The summed E-state index contributed by atoms with van der Waals surface area (Å²) in [5.74, 6) is -0.681. The summed E-state index contributed by atoms with van der Waals surface area (Å²) < 4.78 is 6.79. The topological polar surface area (TPSA) is 96.8 Å². The average molecular weight is 389 g/mol. The molecule has 0 bridgehead atoms. The fourth-order valence-electron chi connectivity index (χ4n) is 4.17. The molecule has 1 N–H and O–H groups in total. The van der Waals surface area contributed by atoms with Gasteiger partial charge in [-0.2, -0.15) is 5.10 Å². The minimum atomic E-state index is -1.04. The lowest BCUT2D eigenvalue weighted by Gasteiger charge is -2.41. The average Bonchev–Trinajstić information content (AvgIpc) is 3.36. The molecule has 9 heteroatoms. The molecule has 1 saturated carbocycles. The maximum Gasteiger partial charge on any atom is 0.274 e. The van der Waals surface area contributed by atoms with E-state index in [1.165, 1.54) is 15.6 Å². The summed E-state index contributed by atoms with van der Waals surface area (Å²) in [5.41, 5.74) is -0.470. The van der Waals surface area contributed by atoms with Crippen molar-refractivity contribution in [2.75, 3.05) is 33.4 Å². The summed E-state index contributed by atoms with van der Waals surface area (Å²) in [6.07, 6.45) is 4.19. The van der Waals surface area contributed by atoms with Crippen LogP contribution in [0.15, 0.2) is 6.07 Å². The van der Waals surface area contributed by atoms with Crippen molar-refractivity contribution in [3.05, 3.63) is 17.5 Å². The second-order valence-corrected chi connectivity index (χ2v) is 8.07. The molecule has 0 spiro atoms. The van der Waals surface area contributed by atoms with Crippen LogP contribution in [0.25, 0.3) is 0 Å². The number of hydrogen-bond acceptors (Lipinski definition) is 5. The molecule has 3 heterocycles. The van der Waals surface area contributed by atoms with Crippen LogP contribution in [0.4, 0.5) is 0 Å². The summed E-state index contributed by atoms with van der Waals surface area (Å²) in [6, 6.07) is 1.70. The van der Waals surface area contributed by atoms with E-state index in [9.17, 15) is 14.4 Å². The van der Waals surface area contributed by atoms with E-state index < -0.39 is 5.54 Å². The van der Waals surface area contributed by atoms with Crippen LogP contribution in [0.2, 0.25) is 0 Å². The highest BCUT2D eigenvalue weighted by Gasteiger charge is 2.47. The summed E-state index contributed by atoms with van der Waals surface area (Å²) >= 11 is 0. The molecule has 9 nitrogen and oxygen atoms in total. The van der Waals surface area contributed by atoms with Gasteiger partial charge in [0.2, 0.25) is 5.91 Å². The maximum absolute atomic E-state index is 13.0. The molecule has 2 aliphatic heterocycles. The number of fused-ring (bicyclic) bond motifs is 1. The van der Waals surface area contributed by atoms with Crippen LogP contribution in [-0.2, 0) is 16.1 Å². The lowest BCUT2D eigenvalue weighted by atomic mass is 9.95. The summed E-state index contributed by atoms with van der Waals surface area (Å²) in [5, 5.41) is 7.47. The summed E-state index contributed by atoms with van der Waals surface area (Å²) in [7, 11) is 1.64. The van der Waals surface area contributed by atoms with Crippen molar-refractivity contribution in [1.29, 1.82) is 0 Å². The van der Waals surface area contributed by atoms with Gasteiger partial charge < -0.3 is 19.9 Å². The van der Waals surface area contributed by atoms with Crippen molar-refractivity contribution in [2.24, 2.45) is 0 Å². The standard InChI is InChI=1S/C19H27N5O4/c1-19(18(27)20-13-5-3-4-6-13)12-24-15(17(26)22(19)2)11-14(21-24)16(25)23-7-9-28-10-8-23/h11,13H,3-10,12H2,1-2H3,(H,20,27)/t19-/m0/s1. The second-order valence-electron chi connectivity index (χ2n) is 8.07. The lowest BCUT2D eigenvalue weighted by molar-refractivity contribution is -0.133. The zero-order valence-electron chi connectivity index (χ0n) is 16.4. The molecule has 152 valence electrons. The SMILES string of the molecule is CN1C(=O)c2cc(C(=O)N3CCOCC3)nn2C[C@@]1(C)C(=O)NC1CCCC1. The van der Waals surface area contributed by atoms with E-state index in [-0.39, 0.29) is 36.0 Å². The van der Waals surface area contributed by atoms with Crippen molar-refractivity contribution in [1.82, 2.24) is 24.9 Å². The molecule has 1 aliphatic carbocycles. The molecule has 3 amide bonds. The van der Waals surface area contributed by atoms with Crippen molar-refractivity contribution < 1.29 is 19.1 Å². The van der Waals surface area contributed by atoms with E-state index in [1.807, 2.05) is 0 Å². The van der Waals surface area contributed by atoms with Gasteiger partial charge in [-0.05, 0) is 19.8 Å². The van der Waals surface area contributed by atoms with Crippen LogP contribution in [0.5, 0.6) is 0 Å². The Labute approximate surface area is 164 Å². The highest BCUT2D eigenvalue weighted by molar-refractivity contribution is 6.01. The molecule has 0 radical (unpaired) electrons. The van der Waals surface area contributed by atoms with Crippen LogP contribution in [-0.4, -0.2) is 82.2 Å². The van der Waals surface area contributed by atoms with Crippen LogP contribution < -0.4 is 5.32 Å². The Hall–Kier alpha value is -2.42. The van der Waals surface area contributed by atoms with E-state index in [0.29, 0.717) is 32.0 Å². The number of hydrogen-bond donors (Lipinski definition) is 1. The van der Waals surface area contributed by atoms with Gasteiger partial charge in [0.25, 0.3) is 11.8 Å². The van der Waals surface area contributed by atoms with E-state index in [1.54, 1.807) is 18.9 Å². The van der Waals surface area contributed by atoms with Crippen LogP contribution >= 0.6 is 0 Å².